The van der Waals surface area contributed by atoms with Crippen molar-refractivity contribution >= 4 is 17.7 Å². The molecule has 0 saturated heterocycles. The minimum atomic E-state index is 0.492. The van der Waals surface area contributed by atoms with E-state index in [2.05, 4.69) is 28.5 Å². The first-order chi connectivity index (χ1) is 6.71. The Balaban J connectivity index is 4.36. The summed E-state index contributed by atoms with van der Waals surface area (Å²) in [5.74, 6) is 7.29. The van der Waals surface area contributed by atoms with E-state index in [-0.39, 0.29) is 0 Å². The van der Waals surface area contributed by atoms with Gasteiger partial charge in [-0.1, -0.05) is 6.92 Å². The molecule has 0 saturated carbocycles. The second-order valence-corrected chi connectivity index (χ2v) is 3.98. The van der Waals surface area contributed by atoms with E-state index < -0.39 is 0 Å². The molecule has 1 unspecified atom stereocenters. The Kier molecular flexibility index (Phi) is 7.70. The second kappa shape index (κ2) is 7.94. The van der Waals surface area contributed by atoms with Crippen LogP contribution in [0, 0.1) is 0 Å². The largest absolute Gasteiger partial charge is 0.341 e. The molecule has 3 N–H and O–H groups in total. The lowest BCUT2D eigenvalue weighted by Crippen LogP contribution is -2.48. The van der Waals surface area contributed by atoms with Crippen LogP contribution in [-0.4, -0.2) is 42.5 Å². The van der Waals surface area contributed by atoms with E-state index in [0.717, 1.165) is 24.7 Å². The fraction of sp³-hybridized carbons (Fsp3) is 0.889. The van der Waals surface area contributed by atoms with E-state index >= 15 is 0 Å². The molecule has 4 nitrogen and oxygen atoms in total. The maximum atomic E-state index is 5.42. The lowest BCUT2D eigenvalue weighted by molar-refractivity contribution is 0.373. The summed E-state index contributed by atoms with van der Waals surface area (Å²) in [6.07, 6.45) is 3.21. The first-order valence-corrected chi connectivity index (χ1v) is 6.33. The van der Waals surface area contributed by atoms with Gasteiger partial charge in [0.25, 0.3) is 0 Å². The van der Waals surface area contributed by atoms with E-state index in [4.69, 9.17) is 5.84 Å². The van der Waals surface area contributed by atoms with Crippen molar-refractivity contribution in [1.82, 2.24) is 10.3 Å². The quantitative estimate of drug-likeness (QED) is 0.311. The predicted octanol–water partition coefficient (Wildman–Crippen LogP) is 0.899. The lowest BCUT2D eigenvalue weighted by atomic mass is 10.2. The van der Waals surface area contributed by atoms with Crippen molar-refractivity contribution in [2.45, 2.75) is 26.3 Å². The number of nitrogens with two attached hydrogens (primary N) is 1. The predicted molar refractivity (Wildman–Crippen MR) is 65.5 cm³/mol. The van der Waals surface area contributed by atoms with E-state index in [1.165, 1.54) is 0 Å². The Morgan fingerprint density at radius 2 is 2.21 bits per heavy atom. The summed E-state index contributed by atoms with van der Waals surface area (Å²) >= 11 is 1.84. The zero-order chi connectivity index (χ0) is 11.0. The molecule has 0 aromatic heterocycles. The van der Waals surface area contributed by atoms with E-state index in [1.54, 1.807) is 0 Å². The van der Waals surface area contributed by atoms with Gasteiger partial charge < -0.3 is 4.90 Å². The van der Waals surface area contributed by atoms with E-state index in [0.29, 0.717) is 6.04 Å². The van der Waals surface area contributed by atoms with Crippen LogP contribution in [0.25, 0.3) is 0 Å². The van der Waals surface area contributed by atoms with Crippen LogP contribution in [0.3, 0.4) is 0 Å². The molecule has 84 valence electrons. The number of hydrogen-bond acceptors (Lipinski definition) is 3. The minimum absolute atomic E-state index is 0.492. The molecule has 0 rings (SSSR count). The van der Waals surface area contributed by atoms with Gasteiger partial charge in [-0.25, -0.2) is 5.84 Å². The molecule has 0 aromatic rings. The number of thioether (sulfide) groups is 1. The summed E-state index contributed by atoms with van der Waals surface area (Å²) in [6, 6.07) is 0.492. The summed E-state index contributed by atoms with van der Waals surface area (Å²) in [5.41, 5.74) is 2.64. The number of aliphatic imine (C=N–C) groups is 1. The number of nitrogens with one attached hydrogen (secondary N) is 1. The number of rotatable bonds is 5. The van der Waals surface area contributed by atoms with Gasteiger partial charge in [0.15, 0.2) is 0 Å². The zero-order valence-electron chi connectivity index (χ0n) is 9.58. The van der Waals surface area contributed by atoms with Gasteiger partial charge in [-0.2, -0.15) is 11.8 Å². The molecule has 0 amide bonds. The number of guanidine groups is 1. The van der Waals surface area contributed by atoms with Crippen LogP contribution in [0.4, 0.5) is 0 Å². The third-order valence-electron chi connectivity index (χ3n) is 2.15. The van der Waals surface area contributed by atoms with Gasteiger partial charge in [-0.05, 0) is 19.6 Å². The molecular weight excluding hydrogens is 196 g/mol. The molecule has 0 aromatic carbocycles. The van der Waals surface area contributed by atoms with Gasteiger partial charge in [-0.15, -0.1) is 0 Å². The average molecular weight is 218 g/mol. The fourth-order valence-corrected chi connectivity index (χ4v) is 2.12. The van der Waals surface area contributed by atoms with Crippen molar-refractivity contribution in [1.29, 1.82) is 0 Å². The molecule has 0 bridgehead atoms. The van der Waals surface area contributed by atoms with E-state index in [1.807, 2.05) is 25.7 Å². The van der Waals surface area contributed by atoms with Crippen molar-refractivity contribution in [3.63, 3.8) is 0 Å². The second-order valence-electron chi connectivity index (χ2n) is 3.07. The third-order valence-corrected chi connectivity index (χ3v) is 2.87. The summed E-state index contributed by atoms with van der Waals surface area (Å²) in [4.78, 5) is 6.40. The maximum absolute atomic E-state index is 5.42. The van der Waals surface area contributed by atoms with Crippen LogP contribution in [0.15, 0.2) is 4.99 Å². The summed E-state index contributed by atoms with van der Waals surface area (Å²) in [6.45, 7) is 4.93. The number of hydrazine groups is 1. The highest BCUT2D eigenvalue weighted by Gasteiger charge is 2.14. The number of hydrogen-bond donors (Lipinski definition) is 2. The number of nitrogens with zero attached hydrogens (tertiary/aromatic N) is 2. The van der Waals surface area contributed by atoms with Crippen LogP contribution in [-0.2, 0) is 0 Å². The van der Waals surface area contributed by atoms with Crippen molar-refractivity contribution in [3.05, 3.63) is 0 Å². The van der Waals surface area contributed by atoms with Crippen LogP contribution < -0.4 is 11.3 Å². The normalized spacial score (nSPS) is 13.9. The average Bonchev–Trinajstić information content (AvgIpc) is 2.21. The molecule has 0 radical (unpaired) electrons. The topological polar surface area (TPSA) is 53.6 Å². The van der Waals surface area contributed by atoms with Crippen molar-refractivity contribution in [3.8, 4) is 0 Å². The fourth-order valence-electron chi connectivity index (χ4n) is 1.28. The first kappa shape index (κ1) is 13.6. The van der Waals surface area contributed by atoms with Gasteiger partial charge in [0.2, 0.25) is 5.96 Å². The Morgan fingerprint density at radius 1 is 1.57 bits per heavy atom. The minimum Gasteiger partial charge on any atom is -0.341 e. The van der Waals surface area contributed by atoms with Crippen molar-refractivity contribution in [2.24, 2.45) is 10.8 Å². The summed E-state index contributed by atoms with van der Waals surface area (Å²) in [7, 11) is 2.03. The summed E-state index contributed by atoms with van der Waals surface area (Å²) < 4.78 is 0. The highest BCUT2D eigenvalue weighted by Crippen LogP contribution is 2.08. The molecule has 0 fully saturated rings. The van der Waals surface area contributed by atoms with Crippen LogP contribution in [0.5, 0.6) is 0 Å². The van der Waals surface area contributed by atoms with Gasteiger partial charge >= 0.3 is 0 Å². The van der Waals surface area contributed by atoms with E-state index in [9.17, 15) is 0 Å². The molecule has 0 aliphatic heterocycles. The van der Waals surface area contributed by atoms with Gasteiger partial charge in [0.1, 0.15) is 0 Å². The Labute approximate surface area is 91.3 Å². The highest BCUT2D eigenvalue weighted by atomic mass is 32.2. The molecule has 1 atom stereocenters. The van der Waals surface area contributed by atoms with Crippen LogP contribution in [0.2, 0.25) is 0 Å². The highest BCUT2D eigenvalue weighted by molar-refractivity contribution is 7.98. The van der Waals surface area contributed by atoms with Crippen molar-refractivity contribution in [2.75, 3.05) is 25.6 Å². The Morgan fingerprint density at radius 3 is 2.57 bits per heavy atom. The molecule has 0 aliphatic carbocycles. The molecule has 5 heteroatoms. The molecule has 0 heterocycles. The maximum Gasteiger partial charge on any atom is 0.208 e. The smallest absolute Gasteiger partial charge is 0.208 e. The third kappa shape index (κ3) is 4.19. The lowest BCUT2D eigenvalue weighted by Gasteiger charge is -2.29. The van der Waals surface area contributed by atoms with Gasteiger partial charge in [0.05, 0.1) is 0 Å². The van der Waals surface area contributed by atoms with Crippen LogP contribution >= 0.6 is 11.8 Å². The first-order valence-electron chi connectivity index (χ1n) is 4.94. The molecule has 14 heavy (non-hydrogen) atoms. The Hall–Kier alpha value is -0.420. The van der Waals surface area contributed by atoms with Gasteiger partial charge in [0, 0.05) is 25.4 Å². The SMILES string of the molecule is CCN=C(NN)N(C)C(CC)CSC. The standard InChI is InChI=1S/C9H22N4S/c1-5-8(7-14-4)13(3)9(12-10)11-6-2/h8H,5-7,10H2,1-4H3,(H,11,12). The Bertz CT molecular complexity index is 172. The molecular formula is C9H22N4S. The summed E-state index contributed by atoms with van der Waals surface area (Å²) in [5, 5.41) is 0. The van der Waals surface area contributed by atoms with Gasteiger partial charge in [-0.3, -0.25) is 10.4 Å². The molecule has 0 spiro atoms. The molecule has 0 aliphatic rings. The van der Waals surface area contributed by atoms with Crippen LogP contribution in [0.1, 0.15) is 20.3 Å². The monoisotopic (exact) mass is 218 g/mol. The van der Waals surface area contributed by atoms with Crippen molar-refractivity contribution < 1.29 is 0 Å². The zero-order valence-corrected chi connectivity index (χ0v) is 10.4.